The van der Waals surface area contributed by atoms with Gasteiger partial charge in [0.25, 0.3) is 0 Å². The SMILES string of the molecule is Cc1ccccc1-c1cc(C2=c3ccccc3=CCC2)nc(-c2ccccc2)n1. The standard InChI is InChI=1S/C27H22N2/c1-19-10-5-7-15-22(19)25-18-26(29-27(28-25)21-12-3-2-4-13-21)24-17-9-14-20-11-6-8-16-23(20)24/h2-8,10-16,18H,9,17H2,1H3. The summed E-state index contributed by atoms with van der Waals surface area (Å²) in [5.74, 6) is 0.779. The Kier molecular flexibility index (Phi) is 4.53. The van der Waals surface area contributed by atoms with Crippen LogP contribution in [0.15, 0.2) is 84.9 Å². The average molecular weight is 374 g/mol. The summed E-state index contributed by atoms with van der Waals surface area (Å²) >= 11 is 0. The van der Waals surface area contributed by atoms with Crippen LogP contribution in [0.2, 0.25) is 0 Å². The van der Waals surface area contributed by atoms with Crippen molar-refractivity contribution in [3.63, 3.8) is 0 Å². The normalized spacial score (nSPS) is 12.9. The Bertz CT molecular complexity index is 1300. The number of rotatable bonds is 3. The van der Waals surface area contributed by atoms with E-state index < -0.39 is 0 Å². The zero-order valence-corrected chi connectivity index (χ0v) is 16.5. The molecular formula is C27H22N2. The van der Waals surface area contributed by atoms with Gasteiger partial charge in [-0.3, -0.25) is 0 Å². The van der Waals surface area contributed by atoms with Crippen molar-refractivity contribution in [2.75, 3.05) is 0 Å². The highest BCUT2D eigenvalue weighted by atomic mass is 14.9. The number of aryl methyl sites for hydroxylation is 1. The van der Waals surface area contributed by atoms with Crippen molar-refractivity contribution in [2.24, 2.45) is 0 Å². The van der Waals surface area contributed by atoms with E-state index in [0.717, 1.165) is 41.2 Å². The molecule has 0 aliphatic heterocycles. The lowest BCUT2D eigenvalue weighted by Gasteiger charge is -2.14. The summed E-state index contributed by atoms with van der Waals surface area (Å²) in [5, 5.41) is 2.58. The second-order valence-corrected chi connectivity index (χ2v) is 7.45. The highest BCUT2D eigenvalue weighted by molar-refractivity contribution is 5.73. The molecule has 5 rings (SSSR count). The summed E-state index contributed by atoms with van der Waals surface area (Å²) < 4.78 is 0. The van der Waals surface area contributed by atoms with E-state index in [1.165, 1.54) is 21.6 Å². The molecule has 0 radical (unpaired) electrons. The van der Waals surface area contributed by atoms with Gasteiger partial charge in [0.2, 0.25) is 0 Å². The van der Waals surface area contributed by atoms with Gasteiger partial charge in [0.1, 0.15) is 0 Å². The fourth-order valence-electron chi connectivity index (χ4n) is 4.04. The zero-order valence-electron chi connectivity index (χ0n) is 16.5. The van der Waals surface area contributed by atoms with E-state index in [2.05, 4.69) is 79.7 Å². The minimum Gasteiger partial charge on any atom is -0.228 e. The molecule has 0 N–H and O–H groups in total. The molecule has 0 fully saturated rings. The highest BCUT2D eigenvalue weighted by Crippen LogP contribution is 2.28. The summed E-state index contributed by atoms with van der Waals surface area (Å²) in [6, 6.07) is 29.5. The summed E-state index contributed by atoms with van der Waals surface area (Å²) in [4.78, 5) is 9.97. The molecule has 140 valence electrons. The molecule has 1 aliphatic carbocycles. The maximum absolute atomic E-state index is 5.02. The molecule has 4 aromatic rings. The maximum Gasteiger partial charge on any atom is 0.160 e. The van der Waals surface area contributed by atoms with Crippen molar-refractivity contribution in [3.8, 4) is 22.6 Å². The number of nitrogens with zero attached hydrogens (tertiary/aromatic N) is 2. The first kappa shape index (κ1) is 17.6. The number of hydrogen-bond donors (Lipinski definition) is 0. The molecule has 0 spiro atoms. The third-order valence-electron chi connectivity index (χ3n) is 5.53. The highest BCUT2D eigenvalue weighted by Gasteiger charge is 2.14. The minimum absolute atomic E-state index is 0.779. The lowest BCUT2D eigenvalue weighted by atomic mass is 9.95. The fraction of sp³-hybridized carbons (Fsp3) is 0.111. The van der Waals surface area contributed by atoms with E-state index >= 15 is 0 Å². The summed E-state index contributed by atoms with van der Waals surface area (Å²) in [6.07, 6.45) is 4.35. The molecule has 2 heteroatoms. The van der Waals surface area contributed by atoms with Crippen molar-refractivity contribution in [1.29, 1.82) is 0 Å². The van der Waals surface area contributed by atoms with Crippen molar-refractivity contribution < 1.29 is 0 Å². The van der Waals surface area contributed by atoms with Crippen LogP contribution in [0, 0.1) is 6.92 Å². The first-order chi connectivity index (χ1) is 14.3. The molecular weight excluding hydrogens is 352 g/mol. The molecule has 0 bridgehead atoms. The third-order valence-corrected chi connectivity index (χ3v) is 5.53. The first-order valence-electron chi connectivity index (χ1n) is 10.1. The predicted molar refractivity (Wildman–Crippen MR) is 120 cm³/mol. The van der Waals surface area contributed by atoms with Crippen LogP contribution >= 0.6 is 0 Å². The van der Waals surface area contributed by atoms with E-state index in [0.29, 0.717) is 0 Å². The van der Waals surface area contributed by atoms with E-state index in [4.69, 9.17) is 9.97 Å². The van der Waals surface area contributed by atoms with E-state index in [-0.39, 0.29) is 0 Å². The molecule has 1 aliphatic rings. The zero-order chi connectivity index (χ0) is 19.6. The molecule has 0 amide bonds. The Morgan fingerprint density at radius 3 is 2.31 bits per heavy atom. The van der Waals surface area contributed by atoms with Gasteiger partial charge in [-0.05, 0) is 47.4 Å². The summed E-state index contributed by atoms with van der Waals surface area (Å²) in [6.45, 7) is 2.14. The molecule has 0 saturated carbocycles. The number of aromatic nitrogens is 2. The number of hydrogen-bond acceptors (Lipinski definition) is 2. The van der Waals surface area contributed by atoms with E-state index in [1.54, 1.807) is 0 Å². The van der Waals surface area contributed by atoms with E-state index in [9.17, 15) is 0 Å². The molecule has 29 heavy (non-hydrogen) atoms. The van der Waals surface area contributed by atoms with Crippen LogP contribution in [0.25, 0.3) is 34.3 Å². The molecule has 0 saturated heterocycles. The number of benzene rings is 3. The van der Waals surface area contributed by atoms with Crippen LogP contribution in [-0.2, 0) is 0 Å². The molecule has 3 aromatic carbocycles. The quantitative estimate of drug-likeness (QED) is 0.510. The number of fused-ring (bicyclic) bond motifs is 1. The second-order valence-electron chi connectivity index (χ2n) is 7.45. The van der Waals surface area contributed by atoms with Crippen LogP contribution in [0.4, 0.5) is 0 Å². The molecule has 0 atom stereocenters. The monoisotopic (exact) mass is 374 g/mol. The van der Waals surface area contributed by atoms with Crippen LogP contribution in [0.3, 0.4) is 0 Å². The van der Waals surface area contributed by atoms with Gasteiger partial charge in [0, 0.05) is 11.1 Å². The van der Waals surface area contributed by atoms with Gasteiger partial charge in [-0.25, -0.2) is 9.97 Å². The summed E-state index contributed by atoms with van der Waals surface area (Å²) in [5.41, 5.74) is 6.73. The fourth-order valence-corrected chi connectivity index (χ4v) is 4.04. The lowest BCUT2D eigenvalue weighted by Crippen LogP contribution is -2.29. The van der Waals surface area contributed by atoms with Gasteiger partial charge < -0.3 is 0 Å². The van der Waals surface area contributed by atoms with Gasteiger partial charge >= 0.3 is 0 Å². The van der Waals surface area contributed by atoms with Crippen molar-refractivity contribution >= 4 is 11.6 Å². The van der Waals surface area contributed by atoms with Crippen LogP contribution in [0.1, 0.15) is 24.1 Å². The Morgan fingerprint density at radius 2 is 1.45 bits per heavy atom. The van der Waals surface area contributed by atoms with Crippen LogP contribution in [0.5, 0.6) is 0 Å². The Hall–Kier alpha value is -3.52. The molecule has 1 heterocycles. The Balaban J connectivity index is 1.80. The van der Waals surface area contributed by atoms with Crippen molar-refractivity contribution in [3.05, 3.63) is 107 Å². The van der Waals surface area contributed by atoms with Crippen molar-refractivity contribution in [1.82, 2.24) is 9.97 Å². The molecule has 0 unspecified atom stereocenters. The molecule has 1 aromatic heterocycles. The molecule has 2 nitrogen and oxygen atoms in total. The summed E-state index contributed by atoms with van der Waals surface area (Å²) in [7, 11) is 0. The third kappa shape index (κ3) is 3.38. The van der Waals surface area contributed by atoms with Gasteiger partial charge in [-0.15, -0.1) is 0 Å². The maximum atomic E-state index is 5.02. The largest absolute Gasteiger partial charge is 0.228 e. The Morgan fingerprint density at radius 1 is 0.724 bits per heavy atom. The van der Waals surface area contributed by atoms with Gasteiger partial charge in [-0.1, -0.05) is 84.9 Å². The van der Waals surface area contributed by atoms with Crippen molar-refractivity contribution in [2.45, 2.75) is 19.8 Å². The smallest absolute Gasteiger partial charge is 0.160 e. The Labute approximate surface area is 170 Å². The lowest BCUT2D eigenvalue weighted by molar-refractivity contribution is 1.04. The minimum atomic E-state index is 0.779. The topological polar surface area (TPSA) is 25.8 Å². The average Bonchev–Trinajstić information content (AvgIpc) is 2.79. The van der Waals surface area contributed by atoms with Gasteiger partial charge in [0.15, 0.2) is 5.82 Å². The first-order valence-corrected chi connectivity index (χ1v) is 10.1. The predicted octanol–water partition coefficient (Wildman–Crippen LogP) is 4.89. The van der Waals surface area contributed by atoms with Gasteiger partial charge in [-0.2, -0.15) is 0 Å². The van der Waals surface area contributed by atoms with Gasteiger partial charge in [0.05, 0.1) is 11.4 Å². The second kappa shape index (κ2) is 7.48. The van der Waals surface area contributed by atoms with E-state index in [1.807, 2.05) is 18.2 Å². The van der Waals surface area contributed by atoms with Crippen LogP contribution < -0.4 is 10.4 Å². The van der Waals surface area contributed by atoms with Crippen LogP contribution in [-0.4, -0.2) is 9.97 Å².